The second-order valence-electron chi connectivity index (χ2n) is 7.99. The highest BCUT2D eigenvalue weighted by Gasteiger charge is 2.25. The standard InChI is InChI=1S/C26H24N6O/c33-26(25(32-18-29-30-31-32)15-19-9-3-1-4-10-19)28-16-22(20-11-5-2-6-12-20)23-17-27-24-14-8-7-13-21(23)24/h1-14,17-18,22,25,27H,15-16H2,(H,28,33)/t22-,25+/m0/s1. The first kappa shape index (κ1) is 20.6. The Labute approximate surface area is 191 Å². The van der Waals surface area contributed by atoms with Crippen LogP contribution in [0.1, 0.15) is 28.7 Å². The summed E-state index contributed by atoms with van der Waals surface area (Å²) in [5.74, 6) is -0.121. The highest BCUT2D eigenvalue weighted by atomic mass is 16.2. The number of nitrogens with zero attached hydrogens (tertiary/aromatic N) is 4. The van der Waals surface area contributed by atoms with E-state index in [-0.39, 0.29) is 11.8 Å². The van der Waals surface area contributed by atoms with E-state index in [9.17, 15) is 4.79 Å². The SMILES string of the molecule is O=C(NC[C@@H](c1ccccc1)c1c[nH]c2ccccc12)[C@@H](Cc1ccccc1)n1cnnn1. The van der Waals surface area contributed by atoms with Gasteiger partial charge in [-0.2, -0.15) is 0 Å². The molecule has 2 heterocycles. The summed E-state index contributed by atoms with van der Waals surface area (Å²) in [5.41, 5.74) is 4.42. The lowest BCUT2D eigenvalue weighted by molar-refractivity contribution is -0.124. The Morgan fingerprint density at radius 1 is 0.939 bits per heavy atom. The molecule has 0 radical (unpaired) electrons. The molecule has 0 bridgehead atoms. The van der Waals surface area contributed by atoms with E-state index in [4.69, 9.17) is 0 Å². The van der Waals surface area contributed by atoms with Crippen molar-refractivity contribution in [2.45, 2.75) is 18.4 Å². The molecule has 2 N–H and O–H groups in total. The molecule has 0 fully saturated rings. The van der Waals surface area contributed by atoms with Crippen molar-refractivity contribution in [2.24, 2.45) is 0 Å². The van der Waals surface area contributed by atoms with E-state index >= 15 is 0 Å². The number of H-pyrrole nitrogens is 1. The van der Waals surface area contributed by atoms with Gasteiger partial charge in [-0.1, -0.05) is 78.9 Å². The van der Waals surface area contributed by atoms with Crippen LogP contribution in [0.3, 0.4) is 0 Å². The lowest BCUT2D eigenvalue weighted by Crippen LogP contribution is -2.36. The average Bonchev–Trinajstić information content (AvgIpc) is 3.55. The fourth-order valence-electron chi connectivity index (χ4n) is 4.25. The maximum absolute atomic E-state index is 13.4. The van der Waals surface area contributed by atoms with Gasteiger partial charge in [-0.05, 0) is 33.2 Å². The van der Waals surface area contributed by atoms with E-state index in [0.29, 0.717) is 13.0 Å². The molecule has 1 amide bonds. The summed E-state index contributed by atoms with van der Waals surface area (Å²) in [6.45, 7) is 0.456. The van der Waals surface area contributed by atoms with Crippen LogP contribution >= 0.6 is 0 Å². The van der Waals surface area contributed by atoms with Gasteiger partial charge >= 0.3 is 0 Å². The summed E-state index contributed by atoms with van der Waals surface area (Å²) in [5, 5.41) is 15.8. The zero-order valence-corrected chi connectivity index (χ0v) is 18.0. The Hall–Kier alpha value is -4.26. The Morgan fingerprint density at radius 2 is 1.67 bits per heavy atom. The summed E-state index contributed by atoms with van der Waals surface area (Å²) in [7, 11) is 0. The van der Waals surface area contributed by atoms with Gasteiger partial charge in [0.05, 0.1) is 0 Å². The number of carbonyl (C=O) groups is 1. The molecule has 2 aromatic heterocycles. The topological polar surface area (TPSA) is 88.5 Å². The summed E-state index contributed by atoms with van der Waals surface area (Å²) in [4.78, 5) is 16.7. The zero-order valence-electron chi connectivity index (χ0n) is 18.0. The molecule has 164 valence electrons. The van der Waals surface area contributed by atoms with Gasteiger partial charge in [0.15, 0.2) is 0 Å². The van der Waals surface area contributed by atoms with Crippen LogP contribution in [0.25, 0.3) is 10.9 Å². The van der Waals surface area contributed by atoms with Crippen LogP contribution in [0.2, 0.25) is 0 Å². The van der Waals surface area contributed by atoms with Crippen molar-refractivity contribution < 1.29 is 4.79 Å². The molecule has 0 aliphatic heterocycles. The third-order valence-electron chi connectivity index (χ3n) is 5.94. The molecule has 0 saturated heterocycles. The third kappa shape index (κ3) is 4.52. The zero-order chi connectivity index (χ0) is 22.5. The number of aromatic amines is 1. The highest BCUT2D eigenvalue weighted by molar-refractivity contribution is 5.84. The van der Waals surface area contributed by atoms with Crippen molar-refractivity contribution in [3.8, 4) is 0 Å². The Morgan fingerprint density at radius 3 is 2.42 bits per heavy atom. The number of tetrazole rings is 1. The average molecular weight is 437 g/mol. The third-order valence-corrected chi connectivity index (χ3v) is 5.94. The van der Waals surface area contributed by atoms with E-state index in [2.05, 4.69) is 50.1 Å². The molecule has 33 heavy (non-hydrogen) atoms. The van der Waals surface area contributed by atoms with Gasteiger partial charge in [0, 0.05) is 36.0 Å². The molecule has 5 rings (SSSR count). The molecule has 7 heteroatoms. The van der Waals surface area contributed by atoms with E-state index in [1.54, 1.807) is 0 Å². The number of fused-ring (bicyclic) bond motifs is 1. The van der Waals surface area contributed by atoms with Crippen LogP contribution in [-0.4, -0.2) is 37.6 Å². The van der Waals surface area contributed by atoms with Gasteiger partial charge in [0.2, 0.25) is 5.91 Å². The number of amides is 1. The maximum Gasteiger partial charge on any atom is 0.245 e. The molecular formula is C26H24N6O. The monoisotopic (exact) mass is 436 g/mol. The first-order valence-corrected chi connectivity index (χ1v) is 10.9. The van der Waals surface area contributed by atoms with Crippen LogP contribution in [0.4, 0.5) is 0 Å². The van der Waals surface area contributed by atoms with Gasteiger partial charge < -0.3 is 10.3 Å². The van der Waals surface area contributed by atoms with Crippen molar-refractivity contribution in [1.29, 1.82) is 0 Å². The number of rotatable bonds is 8. The van der Waals surface area contributed by atoms with Crippen LogP contribution in [0.15, 0.2) is 97.5 Å². The predicted octanol–water partition coefficient (Wildman–Crippen LogP) is 3.89. The quantitative estimate of drug-likeness (QED) is 0.386. The van der Waals surface area contributed by atoms with E-state index < -0.39 is 6.04 Å². The fourth-order valence-corrected chi connectivity index (χ4v) is 4.25. The Bertz CT molecular complexity index is 1310. The normalized spacial score (nSPS) is 13.0. The van der Waals surface area contributed by atoms with Crippen molar-refractivity contribution >= 4 is 16.8 Å². The molecular weight excluding hydrogens is 412 g/mol. The molecule has 2 atom stereocenters. The summed E-state index contributed by atoms with van der Waals surface area (Å²) in [6, 6.07) is 27.8. The minimum absolute atomic E-state index is 0.00227. The smallest absolute Gasteiger partial charge is 0.245 e. The number of nitrogens with one attached hydrogen (secondary N) is 2. The van der Waals surface area contributed by atoms with Crippen molar-refractivity contribution in [3.63, 3.8) is 0 Å². The minimum atomic E-state index is -0.540. The van der Waals surface area contributed by atoms with Crippen LogP contribution < -0.4 is 5.32 Å². The van der Waals surface area contributed by atoms with E-state index in [0.717, 1.165) is 27.6 Å². The summed E-state index contributed by atoms with van der Waals surface area (Å²) >= 11 is 0. The van der Waals surface area contributed by atoms with Gasteiger partial charge in [-0.25, -0.2) is 4.68 Å². The molecule has 0 unspecified atom stereocenters. The lowest BCUT2D eigenvalue weighted by atomic mass is 9.90. The van der Waals surface area contributed by atoms with E-state index in [1.165, 1.54) is 11.0 Å². The summed E-state index contributed by atoms with van der Waals surface area (Å²) in [6.07, 6.45) is 4.03. The van der Waals surface area contributed by atoms with Gasteiger partial charge in [0.25, 0.3) is 0 Å². The van der Waals surface area contributed by atoms with Crippen LogP contribution in [-0.2, 0) is 11.2 Å². The number of hydrogen-bond acceptors (Lipinski definition) is 4. The van der Waals surface area contributed by atoms with E-state index in [1.807, 2.05) is 66.9 Å². The minimum Gasteiger partial charge on any atom is -0.361 e. The maximum atomic E-state index is 13.4. The predicted molar refractivity (Wildman–Crippen MR) is 127 cm³/mol. The van der Waals surface area contributed by atoms with Gasteiger partial charge in [0.1, 0.15) is 12.4 Å². The second kappa shape index (κ2) is 9.48. The van der Waals surface area contributed by atoms with Crippen molar-refractivity contribution in [1.82, 2.24) is 30.5 Å². The number of hydrogen-bond donors (Lipinski definition) is 2. The number of para-hydroxylation sites is 1. The Kier molecular flexibility index (Phi) is 5.93. The highest BCUT2D eigenvalue weighted by Crippen LogP contribution is 2.30. The molecule has 0 spiro atoms. The molecule has 0 saturated carbocycles. The van der Waals surface area contributed by atoms with Crippen LogP contribution in [0, 0.1) is 0 Å². The Balaban J connectivity index is 1.41. The number of aromatic nitrogens is 5. The number of carbonyl (C=O) groups excluding carboxylic acids is 1. The second-order valence-corrected chi connectivity index (χ2v) is 7.99. The number of benzene rings is 3. The molecule has 3 aromatic carbocycles. The van der Waals surface area contributed by atoms with Crippen LogP contribution in [0.5, 0.6) is 0 Å². The fraction of sp³-hybridized carbons (Fsp3) is 0.154. The molecule has 5 aromatic rings. The lowest BCUT2D eigenvalue weighted by Gasteiger charge is -2.21. The largest absolute Gasteiger partial charge is 0.361 e. The van der Waals surface area contributed by atoms with Gasteiger partial charge in [-0.15, -0.1) is 5.10 Å². The first-order valence-electron chi connectivity index (χ1n) is 10.9. The van der Waals surface area contributed by atoms with Crippen molar-refractivity contribution in [3.05, 3.63) is 114 Å². The molecule has 0 aliphatic rings. The first-order chi connectivity index (χ1) is 16.3. The van der Waals surface area contributed by atoms with Gasteiger partial charge in [-0.3, -0.25) is 4.79 Å². The van der Waals surface area contributed by atoms with Crippen molar-refractivity contribution in [2.75, 3.05) is 6.54 Å². The molecule has 0 aliphatic carbocycles. The summed E-state index contributed by atoms with van der Waals surface area (Å²) < 4.78 is 1.52. The molecule has 7 nitrogen and oxygen atoms in total.